The van der Waals surface area contributed by atoms with E-state index in [0.29, 0.717) is 17.7 Å². The molecule has 1 aromatic rings. The first-order chi connectivity index (χ1) is 10.8. The first-order valence-electron chi connectivity index (χ1n) is 7.37. The SMILES string of the molecule is CCN(C)c1scc2c1C(=O)N(C1(C)CCC(=O)NC1=O)C2=O. The average Bonchev–Trinajstić information content (AvgIpc) is 3.04. The van der Waals surface area contributed by atoms with Crippen molar-refractivity contribution >= 4 is 40.0 Å². The minimum Gasteiger partial charge on any atom is -0.366 e. The van der Waals surface area contributed by atoms with Crippen molar-refractivity contribution in [1.29, 1.82) is 0 Å². The van der Waals surface area contributed by atoms with Crippen LogP contribution in [0.25, 0.3) is 0 Å². The first-order valence-corrected chi connectivity index (χ1v) is 8.25. The smallest absolute Gasteiger partial charge is 0.265 e. The van der Waals surface area contributed by atoms with Gasteiger partial charge in [0.1, 0.15) is 10.5 Å². The third-order valence-corrected chi connectivity index (χ3v) is 5.61. The predicted octanol–water partition coefficient (Wildman–Crippen LogP) is 0.995. The Bertz CT molecular complexity index is 741. The molecule has 23 heavy (non-hydrogen) atoms. The topological polar surface area (TPSA) is 86.8 Å². The Balaban J connectivity index is 2.02. The largest absolute Gasteiger partial charge is 0.366 e. The van der Waals surface area contributed by atoms with Gasteiger partial charge in [0.2, 0.25) is 5.91 Å². The van der Waals surface area contributed by atoms with Crippen LogP contribution in [0, 0.1) is 0 Å². The van der Waals surface area contributed by atoms with Gasteiger partial charge < -0.3 is 4.90 Å². The summed E-state index contributed by atoms with van der Waals surface area (Å²) in [5.41, 5.74) is -0.641. The zero-order chi connectivity index (χ0) is 16.9. The zero-order valence-electron chi connectivity index (χ0n) is 13.1. The molecule has 0 bridgehead atoms. The first kappa shape index (κ1) is 15.7. The number of amides is 4. The van der Waals surface area contributed by atoms with Crippen LogP contribution in [0.5, 0.6) is 0 Å². The second-order valence-electron chi connectivity index (χ2n) is 5.94. The molecule has 0 spiro atoms. The highest BCUT2D eigenvalue weighted by molar-refractivity contribution is 7.15. The summed E-state index contributed by atoms with van der Waals surface area (Å²) in [6, 6.07) is 0. The monoisotopic (exact) mass is 335 g/mol. The van der Waals surface area contributed by atoms with Gasteiger partial charge in [0.05, 0.1) is 11.1 Å². The quantitative estimate of drug-likeness (QED) is 0.833. The molecule has 0 radical (unpaired) electrons. The van der Waals surface area contributed by atoms with Gasteiger partial charge in [0, 0.05) is 25.4 Å². The molecule has 1 unspecified atom stereocenters. The van der Waals surface area contributed by atoms with E-state index >= 15 is 0 Å². The molecule has 0 aliphatic carbocycles. The number of carbonyl (C=O) groups is 4. The van der Waals surface area contributed by atoms with Crippen molar-refractivity contribution in [2.24, 2.45) is 0 Å². The molecule has 1 saturated heterocycles. The van der Waals surface area contributed by atoms with Crippen LogP contribution >= 0.6 is 11.3 Å². The Morgan fingerprint density at radius 2 is 2.00 bits per heavy atom. The van der Waals surface area contributed by atoms with E-state index in [0.717, 1.165) is 9.90 Å². The van der Waals surface area contributed by atoms with Crippen LogP contribution in [0.4, 0.5) is 5.00 Å². The highest BCUT2D eigenvalue weighted by atomic mass is 32.1. The number of hydrogen-bond donors (Lipinski definition) is 1. The van der Waals surface area contributed by atoms with Crippen LogP contribution in [-0.4, -0.2) is 47.7 Å². The Kier molecular flexibility index (Phi) is 3.51. The Hall–Kier alpha value is -2.22. The number of hydrogen-bond acceptors (Lipinski definition) is 6. The van der Waals surface area contributed by atoms with Crippen molar-refractivity contribution in [1.82, 2.24) is 10.2 Å². The molecule has 3 rings (SSSR count). The fourth-order valence-corrected chi connectivity index (χ4v) is 3.99. The van der Waals surface area contributed by atoms with Crippen LogP contribution in [0.1, 0.15) is 47.4 Å². The summed E-state index contributed by atoms with van der Waals surface area (Å²) in [5, 5.41) is 4.60. The van der Waals surface area contributed by atoms with E-state index < -0.39 is 23.3 Å². The predicted molar refractivity (Wildman–Crippen MR) is 84.6 cm³/mol. The molecule has 0 saturated carbocycles. The number of fused-ring (bicyclic) bond motifs is 1. The van der Waals surface area contributed by atoms with E-state index in [4.69, 9.17) is 0 Å². The fraction of sp³-hybridized carbons (Fsp3) is 0.467. The van der Waals surface area contributed by atoms with Crippen molar-refractivity contribution in [3.8, 4) is 0 Å². The molecule has 1 N–H and O–H groups in total. The summed E-state index contributed by atoms with van der Waals surface area (Å²) in [6.07, 6.45) is 0.246. The number of carbonyl (C=O) groups excluding carboxylic acids is 4. The van der Waals surface area contributed by atoms with Crippen molar-refractivity contribution in [2.45, 2.75) is 32.2 Å². The van der Waals surface area contributed by atoms with E-state index in [1.54, 1.807) is 5.38 Å². The maximum Gasteiger partial charge on any atom is 0.265 e. The normalized spacial score (nSPS) is 24.0. The third kappa shape index (κ3) is 2.08. The molecule has 1 aromatic heterocycles. The molecule has 1 fully saturated rings. The standard InChI is InChI=1S/C15H17N3O4S/c1-4-17(3)13-10-8(7-23-13)11(20)18(12(10)21)15(2)6-5-9(19)16-14(15)22/h7H,4-6H2,1-3H3,(H,16,19,22). The molecule has 4 amide bonds. The number of thiophene rings is 1. The number of nitrogens with one attached hydrogen (secondary N) is 1. The van der Waals surface area contributed by atoms with Crippen molar-refractivity contribution < 1.29 is 19.2 Å². The Morgan fingerprint density at radius 1 is 1.30 bits per heavy atom. The number of imide groups is 2. The van der Waals surface area contributed by atoms with E-state index in [1.165, 1.54) is 18.3 Å². The van der Waals surface area contributed by atoms with E-state index in [1.807, 2.05) is 18.9 Å². The Morgan fingerprint density at radius 3 is 2.61 bits per heavy atom. The van der Waals surface area contributed by atoms with Gasteiger partial charge in [-0.3, -0.25) is 29.4 Å². The number of rotatable bonds is 3. The van der Waals surface area contributed by atoms with Gasteiger partial charge in [-0.2, -0.15) is 0 Å². The van der Waals surface area contributed by atoms with Gasteiger partial charge in [-0.25, -0.2) is 0 Å². The average molecular weight is 335 g/mol. The minimum absolute atomic E-state index is 0.105. The van der Waals surface area contributed by atoms with Crippen LogP contribution < -0.4 is 10.2 Å². The van der Waals surface area contributed by atoms with Crippen LogP contribution in [0.3, 0.4) is 0 Å². The summed E-state index contributed by atoms with van der Waals surface area (Å²) in [5.74, 6) is -1.92. The summed E-state index contributed by atoms with van der Waals surface area (Å²) in [4.78, 5) is 52.1. The molecular formula is C15H17N3O4S. The molecule has 7 nitrogen and oxygen atoms in total. The fourth-order valence-electron chi connectivity index (χ4n) is 2.92. The lowest BCUT2D eigenvalue weighted by Gasteiger charge is -2.38. The van der Waals surface area contributed by atoms with E-state index in [-0.39, 0.29) is 18.7 Å². The second-order valence-corrected chi connectivity index (χ2v) is 6.80. The zero-order valence-corrected chi connectivity index (χ0v) is 14.0. The summed E-state index contributed by atoms with van der Waals surface area (Å²) < 4.78 is 0. The molecule has 8 heteroatoms. The maximum absolute atomic E-state index is 12.9. The van der Waals surface area contributed by atoms with Gasteiger partial charge >= 0.3 is 0 Å². The third-order valence-electron chi connectivity index (χ3n) is 4.52. The van der Waals surface area contributed by atoms with Crippen LogP contribution in [0.2, 0.25) is 0 Å². The van der Waals surface area contributed by atoms with Crippen molar-refractivity contribution in [3.05, 3.63) is 16.5 Å². The molecule has 2 aliphatic rings. The maximum atomic E-state index is 12.9. The highest BCUT2D eigenvalue weighted by Crippen LogP contribution is 2.41. The van der Waals surface area contributed by atoms with Gasteiger partial charge in [-0.1, -0.05) is 0 Å². The number of piperidine rings is 1. The van der Waals surface area contributed by atoms with Crippen molar-refractivity contribution in [2.75, 3.05) is 18.5 Å². The molecule has 2 aliphatic heterocycles. The summed E-state index contributed by atoms with van der Waals surface area (Å²) in [6.45, 7) is 4.18. The highest BCUT2D eigenvalue weighted by Gasteiger charge is 2.53. The summed E-state index contributed by atoms with van der Waals surface area (Å²) in [7, 11) is 1.85. The van der Waals surface area contributed by atoms with E-state index in [9.17, 15) is 19.2 Å². The van der Waals surface area contributed by atoms with Gasteiger partial charge in [0.25, 0.3) is 17.7 Å². The van der Waals surface area contributed by atoms with Gasteiger partial charge in [0.15, 0.2) is 0 Å². The number of anilines is 1. The molecule has 122 valence electrons. The molecular weight excluding hydrogens is 318 g/mol. The lowest BCUT2D eigenvalue weighted by atomic mass is 9.89. The van der Waals surface area contributed by atoms with Crippen LogP contribution in [-0.2, 0) is 9.59 Å². The van der Waals surface area contributed by atoms with E-state index in [2.05, 4.69) is 5.32 Å². The molecule has 1 atom stereocenters. The molecule has 3 heterocycles. The van der Waals surface area contributed by atoms with Crippen molar-refractivity contribution in [3.63, 3.8) is 0 Å². The lowest BCUT2D eigenvalue weighted by Crippen LogP contribution is -2.62. The number of nitrogens with zero attached hydrogens (tertiary/aromatic N) is 2. The summed E-state index contributed by atoms with van der Waals surface area (Å²) >= 11 is 1.34. The van der Waals surface area contributed by atoms with Crippen LogP contribution in [0.15, 0.2) is 5.38 Å². The lowest BCUT2D eigenvalue weighted by molar-refractivity contribution is -0.140. The Labute approximate surface area is 137 Å². The minimum atomic E-state index is -1.33. The van der Waals surface area contributed by atoms with Gasteiger partial charge in [-0.15, -0.1) is 11.3 Å². The molecule has 0 aromatic carbocycles. The second kappa shape index (κ2) is 5.16. The van der Waals surface area contributed by atoms with Gasteiger partial charge in [-0.05, 0) is 20.3 Å².